The second kappa shape index (κ2) is 12.9. The summed E-state index contributed by atoms with van der Waals surface area (Å²) in [6.45, 7) is -1.03. The van der Waals surface area contributed by atoms with Crippen LogP contribution in [0.25, 0.3) is 0 Å². The number of hydrogen-bond donors (Lipinski definition) is 3. The van der Waals surface area contributed by atoms with Gasteiger partial charge in [-0.25, -0.2) is 8.42 Å². The molecule has 3 N–H and O–H groups in total. The number of halogens is 3. The van der Waals surface area contributed by atoms with E-state index < -0.39 is 52.0 Å². The van der Waals surface area contributed by atoms with E-state index in [9.17, 15) is 36.8 Å². The standard InChI is InChI=1S/C32H35F3N4O5S/c1-45(42,43)18-27(40)38-29-24(21-6-4-2-3-5-20(17-36)7-8-21)12-14-37-26-16-31(39-30(41)28(26)29)13-11-22-15-23(9-10-25(22)31)44-19-32(33,34)35/h5-10,15,24,30,39,41H,2-4,11-14,16,18-19H2,1H3,(H,38,40)/b8-7-,20-5-,21-6+/t24?,30?,31-/m0/s1. The third-order valence-corrected chi connectivity index (χ3v) is 9.23. The number of benzene rings is 1. The highest BCUT2D eigenvalue weighted by Gasteiger charge is 2.48. The first kappa shape index (κ1) is 32.7. The van der Waals surface area contributed by atoms with Crippen molar-refractivity contribution in [1.82, 2.24) is 10.6 Å². The van der Waals surface area contributed by atoms with E-state index >= 15 is 0 Å². The minimum absolute atomic E-state index is 0.108. The van der Waals surface area contributed by atoms with Gasteiger partial charge in [0.05, 0.1) is 11.6 Å². The highest BCUT2D eigenvalue weighted by molar-refractivity contribution is 7.91. The number of alkyl halides is 3. The van der Waals surface area contributed by atoms with Crippen LogP contribution in [-0.4, -0.2) is 62.7 Å². The second-order valence-corrected chi connectivity index (χ2v) is 14.0. The number of allylic oxidation sites excluding steroid dienone is 6. The number of nitrogens with one attached hydrogen (secondary N) is 2. The number of aliphatic hydroxyl groups excluding tert-OH is 1. The van der Waals surface area contributed by atoms with E-state index in [2.05, 4.69) is 16.7 Å². The Morgan fingerprint density at radius 2 is 2.04 bits per heavy atom. The molecule has 1 spiro atoms. The molecule has 5 rings (SSSR count). The summed E-state index contributed by atoms with van der Waals surface area (Å²) in [7, 11) is -3.65. The van der Waals surface area contributed by atoms with E-state index in [1.807, 2.05) is 18.2 Å². The van der Waals surface area contributed by atoms with Crippen LogP contribution in [0, 0.1) is 17.2 Å². The first-order chi connectivity index (χ1) is 21.3. The largest absolute Gasteiger partial charge is 0.484 e. The molecule has 0 bridgehead atoms. The Morgan fingerprint density at radius 3 is 2.78 bits per heavy atom. The maximum Gasteiger partial charge on any atom is 0.422 e. The maximum atomic E-state index is 13.0. The number of aliphatic imine (C=N–C) groups is 1. The van der Waals surface area contributed by atoms with Crippen molar-refractivity contribution in [1.29, 1.82) is 5.26 Å². The predicted octanol–water partition coefficient (Wildman–Crippen LogP) is 4.07. The van der Waals surface area contributed by atoms with Crippen LogP contribution in [0.2, 0.25) is 0 Å². The lowest BCUT2D eigenvalue weighted by molar-refractivity contribution is -0.153. The Morgan fingerprint density at radius 1 is 1.27 bits per heavy atom. The fraction of sp³-hybridized carbons (Fsp3) is 0.469. The third-order valence-electron chi connectivity index (χ3n) is 8.45. The van der Waals surface area contributed by atoms with Gasteiger partial charge in [-0.15, -0.1) is 0 Å². The molecule has 3 atom stereocenters. The number of aryl methyl sites for hydroxylation is 1. The van der Waals surface area contributed by atoms with Gasteiger partial charge in [-0.3, -0.25) is 15.1 Å². The fourth-order valence-electron chi connectivity index (χ4n) is 6.56. The van der Waals surface area contributed by atoms with Crippen LogP contribution < -0.4 is 15.4 Å². The minimum Gasteiger partial charge on any atom is -0.484 e. The second-order valence-electron chi connectivity index (χ2n) is 11.9. The summed E-state index contributed by atoms with van der Waals surface area (Å²) in [5, 5.41) is 27.4. The van der Waals surface area contributed by atoms with Gasteiger partial charge in [-0.05, 0) is 73.4 Å². The van der Waals surface area contributed by atoms with Crippen molar-refractivity contribution >= 4 is 21.5 Å². The highest BCUT2D eigenvalue weighted by atomic mass is 32.2. The molecule has 2 aliphatic heterocycles. The van der Waals surface area contributed by atoms with Crippen LogP contribution in [-0.2, 0) is 26.6 Å². The number of piperidine rings is 1. The first-order valence-corrected chi connectivity index (χ1v) is 16.9. The van der Waals surface area contributed by atoms with Crippen molar-refractivity contribution in [2.45, 2.75) is 62.9 Å². The monoisotopic (exact) mass is 644 g/mol. The van der Waals surface area contributed by atoms with Crippen molar-refractivity contribution in [2.24, 2.45) is 10.9 Å². The number of ether oxygens (including phenoxy) is 1. The molecule has 1 aromatic rings. The molecule has 1 fully saturated rings. The third kappa shape index (κ3) is 7.74. The zero-order valence-corrected chi connectivity index (χ0v) is 25.6. The lowest BCUT2D eigenvalue weighted by atomic mass is 9.78. The topological polar surface area (TPSA) is 141 Å². The van der Waals surface area contributed by atoms with Gasteiger partial charge in [0.2, 0.25) is 5.91 Å². The van der Waals surface area contributed by atoms with Gasteiger partial charge in [0, 0.05) is 47.7 Å². The number of sulfone groups is 1. The number of fused-ring (bicyclic) bond motifs is 3. The van der Waals surface area contributed by atoms with E-state index in [-0.39, 0.29) is 5.75 Å². The Kier molecular flexibility index (Phi) is 9.39. The Labute approximate surface area is 260 Å². The van der Waals surface area contributed by atoms with Crippen LogP contribution in [0.1, 0.15) is 49.7 Å². The van der Waals surface area contributed by atoms with Crippen molar-refractivity contribution in [3.63, 3.8) is 0 Å². The molecule has 13 heteroatoms. The Hall–Kier alpha value is -3.73. The van der Waals surface area contributed by atoms with Gasteiger partial charge < -0.3 is 15.2 Å². The van der Waals surface area contributed by atoms with E-state index in [1.54, 1.807) is 18.2 Å². The lowest BCUT2D eigenvalue weighted by Gasteiger charge is -2.41. The fourth-order valence-corrected chi connectivity index (χ4v) is 7.11. The summed E-state index contributed by atoms with van der Waals surface area (Å²) in [6.07, 6.45) is 6.81. The van der Waals surface area contributed by atoms with Gasteiger partial charge >= 0.3 is 6.18 Å². The number of nitriles is 1. The Bertz CT molecular complexity index is 1670. The SMILES string of the molecule is CS(=O)(=O)CC(=O)NC1=C2C(=NCCC1C1=C/CCC/C=C(C#N)/C=C\1)C[C@]1(CCc3cc(OCC(F)(F)F)ccc31)NC2O. The van der Waals surface area contributed by atoms with Crippen LogP contribution in [0.3, 0.4) is 0 Å². The summed E-state index contributed by atoms with van der Waals surface area (Å²) in [5.41, 5.74) is 3.50. The number of carbonyl (C=O) groups excluding carboxylic acids is 1. The molecule has 0 saturated carbocycles. The lowest BCUT2D eigenvalue weighted by Crippen LogP contribution is -2.55. The number of nitrogens with zero attached hydrogens (tertiary/aromatic N) is 2. The molecule has 2 heterocycles. The summed E-state index contributed by atoms with van der Waals surface area (Å²) < 4.78 is 67.0. The smallest absolute Gasteiger partial charge is 0.422 e. The number of amides is 1. The summed E-state index contributed by atoms with van der Waals surface area (Å²) in [4.78, 5) is 17.9. The van der Waals surface area contributed by atoms with Crippen molar-refractivity contribution in [2.75, 3.05) is 25.2 Å². The predicted molar refractivity (Wildman–Crippen MR) is 162 cm³/mol. The molecule has 0 radical (unpaired) electrons. The minimum atomic E-state index is -4.46. The number of rotatable bonds is 6. The number of carbonyl (C=O) groups is 1. The van der Waals surface area contributed by atoms with E-state index in [0.717, 1.165) is 35.8 Å². The van der Waals surface area contributed by atoms with Gasteiger partial charge in [0.1, 0.15) is 17.7 Å². The summed E-state index contributed by atoms with van der Waals surface area (Å²) >= 11 is 0. The molecule has 4 aliphatic rings. The molecule has 2 unspecified atom stereocenters. The molecule has 0 aromatic heterocycles. The van der Waals surface area contributed by atoms with Crippen LogP contribution in [0.15, 0.2) is 69.9 Å². The molecule has 240 valence electrons. The van der Waals surface area contributed by atoms with Gasteiger partial charge in [0.15, 0.2) is 16.4 Å². The molecule has 45 heavy (non-hydrogen) atoms. The van der Waals surface area contributed by atoms with Crippen molar-refractivity contribution in [3.05, 3.63) is 76.0 Å². The molecule has 2 aliphatic carbocycles. The summed E-state index contributed by atoms with van der Waals surface area (Å²) in [6, 6.07) is 6.97. The maximum absolute atomic E-state index is 13.0. The van der Waals surface area contributed by atoms with Gasteiger partial charge in [-0.1, -0.05) is 24.3 Å². The van der Waals surface area contributed by atoms with E-state index in [4.69, 9.17) is 9.73 Å². The highest BCUT2D eigenvalue weighted by Crippen LogP contribution is 2.46. The number of aliphatic hydroxyl groups is 1. The zero-order chi connectivity index (χ0) is 32.4. The molecular formula is C32H35F3N4O5S. The molecular weight excluding hydrogens is 609 g/mol. The Balaban J connectivity index is 1.52. The molecule has 1 saturated heterocycles. The molecule has 9 nitrogen and oxygen atoms in total. The zero-order valence-electron chi connectivity index (χ0n) is 24.8. The average molecular weight is 645 g/mol. The quantitative estimate of drug-likeness (QED) is 0.424. The van der Waals surface area contributed by atoms with Gasteiger partial charge in [-0.2, -0.15) is 18.4 Å². The van der Waals surface area contributed by atoms with E-state index in [0.29, 0.717) is 61.2 Å². The number of hydrogen-bond acceptors (Lipinski definition) is 8. The van der Waals surface area contributed by atoms with Crippen molar-refractivity contribution < 1.29 is 36.2 Å². The van der Waals surface area contributed by atoms with Crippen LogP contribution >= 0.6 is 0 Å². The van der Waals surface area contributed by atoms with Gasteiger partial charge in [0.25, 0.3) is 0 Å². The molecule has 1 aromatic carbocycles. The first-order valence-electron chi connectivity index (χ1n) is 14.8. The van der Waals surface area contributed by atoms with Crippen molar-refractivity contribution in [3.8, 4) is 11.8 Å². The van der Waals surface area contributed by atoms with E-state index in [1.165, 1.54) is 6.07 Å². The average Bonchev–Trinajstić information content (AvgIpc) is 3.24. The normalized spacial score (nSPS) is 28.4. The van der Waals surface area contributed by atoms with Crippen LogP contribution in [0.5, 0.6) is 5.75 Å². The molecule has 1 amide bonds. The summed E-state index contributed by atoms with van der Waals surface area (Å²) in [5.74, 6) is -1.81. The van der Waals surface area contributed by atoms with Crippen LogP contribution in [0.4, 0.5) is 13.2 Å².